The van der Waals surface area contributed by atoms with Gasteiger partial charge in [-0.2, -0.15) is 0 Å². The van der Waals surface area contributed by atoms with Crippen LogP contribution in [0.15, 0.2) is 18.2 Å². The minimum absolute atomic E-state index is 0.00702. The van der Waals surface area contributed by atoms with Crippen molar-refractivity contribution >= 4 is 5.91 Å². The van der Waals surface area contributed by atoms with E-state index >= 15 is 0 Å². The van der Waals surface area contributed by atoms with Gasteiger partial charge in [0.2, 0.25) is 5.91 Å². The van der Waals surface area contributed by atoms with Gasteiger partial charge in [0.15, 0.2) is 0 Å². The Labute approximate surface area is 101 Å². The quantitative estimate of drug-likeness (QED) is 0.726. The number of phenols is 2. The molecule has 5 heteroatoms. The van der Waals surface area contributed by atoms with E-state index in [0.717, 1.165) is 5.56 Å². The minimum atomic E-state index is -0.128. The highest BCUT2D eigenvalue weighted by Crippen LogP contribution is 2.24. The Morgan fingerprint density at radius 3 is 2.29 bits per heavy atom. The number of carbonyl (C=O) groups is 1. The third-order valence-electron chi connectivity index (χ3n) is 2.48. The molecular weight excluding hydrogens is 220 g/mol. The molecule has 0 spiro atoms. The molecule has 0 heterocycles. The lowest BCUT2D eigenvalue weighted by molar-refractivity contribution is -0.127. The molecule has 5 nitrogen and oxygen atoms in total. The van der Waals surface area contributed by atoms with E-state index in [1.165, 1.54) is 11.0 Å². The van der Waals surface area contributed by atoms with Crippen LogP contribution in [0.25, 0.3) is 0 Å². The summed E-state index contributed by atoms with van der Waals surface area (Å²) in [6.45, 7) is 2.07. The number of carbonyl (C=O) groups excluding carboxylic acids is 1. The van der Waals surface area contributed by atoms with Crippen LogP contribution in [-0.2, 0) is 4.79 Å². The van der Waals surface area contributed by atoms with Gasteiger partial charge < -0.3 is 20.4 Å². The van der Waals surface area contributed by atoms with E-state index in [9.17, 15) is 15.0 Å². The molecule has 0 fully saturated rings. The number of hydrogen-bond acceptors (Lipinski definition) is 4. The molecule has 94 valence electrons. The number of likely N-dealkylation sites (N-methyl/N-ethyl adjacent to an activating group) is 1. The summed E-state index contributed by atoms with van der Waals surface area (Å²) in [7, 11) is 3.38. The molecule has 1 atom stereocenters. The lowest BCUT2D eigenvalue weighted by Gasteiger charge is -2.16. The van der Waals surface area contributed by atoms with Gasteiger partial charge in [-0.15, -0.1) is 0 Å². The summed E-state index contributed by atoms with van der Waals surface area (Å²) in [6, 6.07) is 4.24. The van der Waals surface area contributed by atoms with E-state index < -0.39 is 0 Å². The molecule has 0 aliphatic carbocycles. The van der Waals surface area contributed by atoms with Gasteiger partial charge in [0.1, 0.15) is 11.5 Å². The smallest absolute Gasteiger partial charge is 0.236 e. The Hall–Kier alpha value is -1.75. The highest BCUT2D eigenvalue weighted by molar-refractivity contribution is 5.77. The lowest BCUT2D eigenvalue weighted by atomic mass is 10.1. The molecule has 0 aliphatic rings. The van der Waals surface area contributed by atoms with Gasteiger partial charge in [-0.1, -0.05) is 0 Å². The van der Waals surface area contributed by atoms with Crippen LogP contribution in [-0.4, -0.2) is 41.7 Å². The molecule has 0 bridgehead atoms. The third-order valence-corrected chi connectivity index (χ3v) is 2.48. The van der Waals surface area contributed by atoms with Crippen molar-refractivity contribution in [2.24, 2.45) is 0 Å². The van der Waals surface area contributed by atoms with Crippen LogP contribution < -0.4 is 5.32 Å². The molecule has 1 amide bonds. The SMILES string of the molecule is CC(NCC(=O)N(C)C)c1cc(O)cc(O)c1. The molecule has 0 saturated heterocycles. The molecule has 1 aromatic carbocycles. The van der Waals surface area contributed by atoms with Crippen LogP contribution in [0.5, 0.6) is 11.5 Å². The van der Waals surface area contributed by atoms with Gasteiger partial charge in [0, 0.05) is 26.2 Å². The zero-order valence-corrected chi connectivity index (χ0v) is 10.3. The number of hydrogen-bond donors (Lipinski definition) is 3. The highest BCUT2D eigenvalue weighted by atomic mass is 16.3. The summed E-state index contributed by atoms with van der Waals surface area (Å²) >= 11 is 0. The van der Waals surface area contributed by atoms with Crippen LogP contribution in [0.4, 0.5) is 0 Å². The Morgan fingerprint density at radius 2 is 1.82 bits per heavy atom. The second kappa shape index (κ2) is 5.54. The predicted molar refractivity (Wildman–Crippen MR) is 64.9 cm³/mol. The standard InChI is InChI=1S/C12H18N2O3/c1-8(13-7-12(17)14(2)3)9-4-10(15)6-11(16)5-9/h4-6,8,13,15-16H,7H2,1-3H3. The number of nitrogens with one attached hydrogen (secondary N) is 1. The van der Waals surface area contributed by atoms with Crippen LogP contribution in [0, 0.1) is 0 Å². The number of amides is 1. The van der Waals surface area contributed by atoms with E-state index in [2.05, 4.69) is 5.32 Å². The van der Waals surface area contributed by atoms with Crippen LogP contribution in [0.3, 0.4) is 0 Å². The summed E-state index contributed by atoms with van der Waals surface area (Å²) in [5, 5.41) is 21.7. The molecule has 0 radical (unpaired) electrons. The third kappa shape index (κ3) is 3.96. The van der Waals surface area contributed by atoms with Crippen molar-refractivity contribution in [2.75, 3.05) is 20.6 Å². The molecule has 1 aromatic rings. The molecule has 0 saturated carbocycles. The Balaban J connectivity index is 2.63. The van der Waals surface area contributed by atoms with Gasteiger partial charge in [-0.05, 0) is 24.6 Å². The number of benzene rings is 1. The summed E-state index contributed by atoms with van der Waals surface area (Å²) < 4.78 is 0. The lowest BCUT2D eigenvalue weighted by Crippen LogP contribution is -2.34. The van der Waals surface area contributed by atoms with Crippen molar-refractivity contribution in [3.8, 4) is 11.5 Å². The van der Waals surface area contributed by atoms with Gasteiger partial charge in [-0.25, -0.2) is 0 Å². The summed E-state index contributed by atoms with van der Waals surface area (Å²) in [5.74, 6) is -0.0126. The maximum absolute atomic E-state index is 11.4. The monoisotopic (exact) mass is 238 g/mol. The zero-order chi connectivity index (χ0) is 13.0. The van der Waals surface area contributed by atoms with E-state index in [1.54, 1.807) is 26.2 Å². The van der Waals surface area contributed by atoms with Crippen molar-refractivity contribution < 1.29 is 15.0 Å². The van der Waals surface area contributed by atoms with Crippen molar-refractivity contribution in [3.05, 3.63) is 23.8 Å². The molecule has 1 unspecified atom stereocenters. The first-order valence-electron chi connectivity index (χ1n) is 5.36. The van der Waals surface area contributed by atoms with Gasteiger partial charge in [0.25, 0.3) is 0 Å². The molecular formula is C12H18N2O3. The minimum Gasteiger partial charge on any atom is -0.508 e. The zero-order valence-electron chi connectivity index (χ0n) is 10.3. The fraction of sp³-hybridized carbons (Fsp3) is 0.417. The van der Waals surface area contributed by atoms with Gasteiger partial charge >= 0.3 is 0 Å². The normalized spacial score (nSPS) is 12.2. The van der Waals surface area contributed by atoms with Crippen molar-refractivity contribution in [1.82, 2.24) is 10.2 Å². The maximum Gasteiger partial charge on any atom is 0.236 e. The first-order valence-corrected chi connectivity index (χ1v) is 5.36. The topological polar surface area (TPSA) is 72.8 Å². The van der Waals surface area contributed by atoms with Crippen molar-refractivity contribution in [2.45, 2.75) is 13.0 Å². The molecule has 0 aliphatic heterocycles. The summed E-state index contributed by atoms with van der Waals surface area (Å²) in [6.07, 6.45) is 0. The maximum atomic E-state index is 11.4. The Kier molecular flexibility index (Phi) is 4.34. The van der Waals surface area contributed by atoms with E-state index in [-0.39, 0.29) is 30.0 Å². The number of aromatic hydroxyl groups is 2. The van der Waals surface area contributed by atoms with Crippen molar-refractivity contribution in [3.63, 3.8) is 0 Å². The van der Waals surface area contributed by atoms with Crippen LogP contribution in [0.1, 0.15) is 18.5 Å². The number of nitrogens with zero attached hydrogens (tertiary/aromatic N) is 1. The second-order valence-electron chi connectivity index (χ2n) is 4.17. The molecule has 1 rings (SSSR count). The molecule has 17 heavy (non-hydrogen) atoms. The largest absolute Gasteiger partial charge is 0.508 e. The number of phenolic OH excluding ortho intramolecular Hbond substituents is 2. The summed E-state index contributed by atoms with van der Waals surface area (Å²) in [4.78, 5) is 12.9. The highest BCUT2D eigenvalue weighted by Gasteiger charge is 2.10. The molecule has 0 aromatic heterocycles. The van der Waals surface area contributed by atoms with Crippen LogP contribution in [0.2, 0.25) is 0 Å². The first-order chi connectivity index (χ1) is 7.90. The summed E-state index contributed by atoms with van der Waals surface area (Å²) in [5.41, 5.74) is 0.731. The van der Waals surface area contributed by atoms with E-state index in [4.69, 9.17) is 0 Å². The first kappa shape index (κ1) is 13.3. The number of rotatable bonds is 4. The fourth-order valence-electron chi connectivity index (χ4n) is 1.38. The van der Waals surface area contributed by atoms with E-state index in [1.807, 2.05) is 6.92 Å². The van der Waals surface area contributed by atoms with Crippen LogP contribution >= 0.6 is 0 Å². The van der Waals surface area contributed by atoms with Gasteiger partial charge in [0.05, 0.1) is 6.54 Å². The average Bonchev–Trinajstić information content (AvgIpc) is 2.23. The van der Waals surface area contributed by atoms with Crippen molar-refractivity contribution in [1.29, 1.82) is 0 Å². The molecule has 3 N–H and O–H groups in total. The fourth-order valence-corrected chi connectivity index (χ4v) is 1.38. The Bertz CT molecular complexity index is 384. The Morgan fingerprint density at radius 1 is 1.29 bits per heavy atom. The van der Waals surface area contributed by atoms with E-state index in [0.29, 0.717) is 0 Å². The average molecular weight is 238 g/mol. The predicted octanol–water partition coefficient (Wildman–Crippen LogP) is 0.837. The second-order valence-corrected chi connectivity index (χ2v) is 4.17. The van der Waals surface area contributed by atoms with Gasteiger partial charge in [-0.3, -0.25) is 4.79 Å².